The number of carboxylic acids is 1. The molecule has 1 aromatic rings. The molecule has 112 valence electrons. The van der Waals surface area contributed by atoms with E-state index in [9.17, 15) is 24.1 Å². The number of carbonyl (C=O) groups excluding carboxylic acids is 1. The van der Waals surface area contributed by atoms with Crippen molar-refractivity contribution in [1.82, 2.24) is 4.90 Å². The average molecular weight is 296 g/mol. The molecule has 1 unspecified atom stereocenters. The maximum absolute atomic E-state index is 13.7. The van der Waals surface area contributed by atoms with Gasteiger partial charge < -0.3 is 10.0 Å². The third-order valence-corrected chi connectivity index (χ3v) is 3.67. The molecule has 0 bridgehead atoms. The highest BCUT2D eigenvalue weighted by atomic mass is 19.1. The number of non-ortho nitro benzene ring substituents is 1. The number of nitro groups is 1. The minimum Gasteiger partial charge on any atom is -0.481 e. The highest BCUT2D eigenvalue weighted by Gasteiger charge is 2.42. The Kier molecular flexibility index (Phi) is 3.63. The standard InChI is InChI=1S/C13H13FN2O5/c1-13(12(18)19)4-5-15(7-13)11(17)9-6-8(16(20)21)2-3-10(9)14/h2-3,6H,4-5,7H2,1H3,(H,18,19). The smallest absolute Gasteiger partial charge is 0.311 e. The number of rotatable bonds is 3. The molecular weight excluding hydrogens is 283 g/mol. The molecule has 1 N–H and O–H groups in total. The van der Waals surface area contributed by atoms with E-state index < -0.39 is 33.6 Å². The third-order valence-electron chi connectivity index (χ3n) is 3.67. The van der Waals surface area contributed by atoms with Crippen LogP contribution in [0.4, 0.5) is 10.1 Å². The second kappa shape index (κ2) is 5.12. The van der Waals surface area contributed by atoms with Crippen molar-refractivity contribution in [1.29, 1.82) is 0 Å². The summed E-state index contributed by atoms with van der Waals surface area (Å²) in [5.74, 6) is -2.63. The maximum Gasteiger partial charge on any atom is 0.311 e. The lowest BCUT2D eigenvalue weighted by molar-refractivity contribution is -0.384. The van der Waals surface area contributed by atoms with E-state index in [1.54, 1.807) is 0 Å². The van der Waals surface area contributed by atoms with E-state index in [2.05, 4.69) is 0 Å². The van der Waals surface area contributed by atoms with Gasteiger partial charge in [0.15, 0.2) is 0 Å². The first-order valence-electron chi connectivity index (χ1n) is 6.21. The number of carbonyl (C=O) groups is 2. The van der Waals surface area contributed by atoms with Crippen LogP contribution in [0.15, 0.2) is 18.2 Å². The van der Waals surface area contributed by atoms with Gasteiger partial charge in [-0.1, -0.05) is 0 Å². The molecule has 1 saturated heterocycles. The van der Waals surface area contributed by atoms with E-state index in [0.29, 0.717) is 0 Å². The van der Waals surface area contributed by atoms with Gasteiger partial charge >= 0.3 is 5.97 Å². The lowest BCUT2D eigenvalue weighted by Crippen LogP contribution is -2.35. The van der Waals surface area contributed by atoms with E-state index in [4.69, 9.17) is 5.11 Å². The average Bonchev–Trinajstić information content (AvgIpc) is 2.82. The number of carboxylic acid groups (broad SMARTS) is 1. The Hall–Kier alpha value is -2.51. The Morgan fingerprint density at radius 3 is 2.67 bits per heavy atom. The number of likely N-dealkylation sites (tertiary alicyclic amines) is 1. The van der Waals surface area contributed by atoms with Crippen molar-refractivity contribution >= 4 is 17.6 Å². The number of aliphatic carboxylic acids is 1. The normalized spacial score (nSPS) is 21.3. The molecule has 0 radical (unpaired) electrons. The summed E-state index contributed by atoms with van der Waals surface area (Å²) in [6.07, 6.45) is 0.255. The van der Waals surface area contributed by atoms with Gasteiger partial charge in [0.1, 0.15) is 5.82 Å². The highest BCUT2D eigenvalue weighted by molar-refractivity contribution is 5.96. The molecule has 1 aliphatic rings. The van der Waals surface area contributed by atoms with Crippen LogP contribution in [0.3, 0.4) is 0 Å². The van der Waals surface area contributed by atoms with Gasteiger partial charge in [-0.05, 0) is 19.4 Å². The molecule has 1 fully saturated rings. The van der Waals surface area contributed by atoms with Crippen molar-refractivity contribution in [3.05, 3.63) is 39.7 Å². The lowest BCUT2D eigenvalue weighted by Gasteiger charge is -2.20. The summed E-state index contributed by atoms with van der Waals surface area (Å²) in [5, 5.41) is 19.8. The summed E-state index contributed by atoms with van der Waals surface area (Å²) in [6.45, 7) is 1.62. The molecule has 2 rings (SSSR count). The fraction of sp³-hybridized carbons (Fsp3) is 0.385. The summed E-state index contributed by atoms with van der Waals surface area (Å²) < 4.78 is 13.7. The molecule has 1 atom stereocenters. The Bertz CT molecular complexity index is 633. The fourth-order valence-corrected chi connectivity index (χ4v) is 2.27. The van der Waals surface area contributed by atoms with E-state index >= 15 is 0 Å². The third kappa shape index (κ3) is 2.69. The molecule has 0 aliphatic carbocycles. The summed E-state index contributed by atoms with van der Waals surface area (Å²) >= 11 is 0. The van der Waals surface area contributed by atoms with Crippen molar-refractivity contribution in [3.63, 3.8) is 0 Å². The van der Waals surface area contributed by atoms with Crippen molar-refractivity contribution in [2.45, 2.75) is 13.3 Å². The number of nitrogens with zero attached hydrogens (tertiary/aromatic N) is 2. The number of halogens is 1. The largest absolute Gasteiger partial charge is 0.481 e. The van der Waals surface area contributed by atoms with Crippen LogP contribution in [-0.4, -0.2) is 39.9 Å². The molecule has 1 aliphatic heterocycles. The molecule has 1 heterocycles. The van der Waals surface area contributed by atoms with Crippen LogP contribution in [0.25, 0.3) is 0 Å². The Balaban J connectivity index is 2.28. The number of nitro benzene ring substituents is 1. The summed E-state index contributed by atoms with van der Waals surface area (Å²) in [4.78, 5) is 34.5. The van der Waals surface area contributed by atoms with Crippen molar-refractivity contribution < 1.29 is 24.0 Å². The van der Waals surface area contributed by atoms with Crippen LogP contribution in [0, 0.1) is 21.3 Å². The summed E-state index contributed by atoms with van der Waals surface area (Å²) in [7, 11) is 0. The lowest BCUT2D eigenvalue weighted by atomic mass is 9.90. The zero-order valence-corrected chi connectivity index (χ0v) is 11.2. The van der Waals surface area contributed by atoms with Crippen LogP contribution in [0.2, 0.25) is 0 Å². The topological polar surface area (TPSA) is 101 Å². The Morgan fingerprint density at radius 2 is 2.14 bits per heavy atom. The molecule has 7 nitrogen and oxygen atoms in total. The van der Waals surface area contributed by atoms with Gasteiger partial charge in [0.2, 0.25) is 0 Å². The Labute approximate surface area is 119 Å². The molecule has 1 amide bonds. The summed E-state index contributed by atoms with van der Waals surface area (Å²) in [5.41, 5.74) is -1.88. The number of amides is 1. The van der Waals surface area contributed by atoms with Gasteiger partial charge in [-0.2, -0.15) is 0 Å². The first-order chi connectivity index (χ1) is 9.74. The minimum atomic E-state index is -1.08. The molecule has 21 heavy (non-hydrogen) atoms. The predicted molar refractivity (Wildman–Crippen MR) is 69.3 cm³/mol. The van der Waals surface area contributed by atoms with Crippen LogP contribution in [0.1, 0.15) is 23.7 Å². The second-order valence-electron chi connectivity index (χ2n) is 5.26. The van der Waals surface area contributed by atoms with E-state index in [1.807, 2.05) is 0 Å². The van der Waals surface area contributed by atoms with Gasteiger partial charge in [0.25, 0.3) is 11.6 Å². The van der Waals surface area contributed by atoms with Crippen LogP contribution >= 0.6 is 0 Å². The van der Waals surface area contributed by atoms with Gasteiger partial charge in [0, 0.05) is 25.2 Å². The van der Waals surface area contributed by atoms with Gasteiger partial charge in [-0.3, -0.25) is 19.7 Å². The minimum absolute atomic E-state index is 0.0523. The summed E-state index contributed by atoms with van der Waals surface area (Å²) in [6, 6.07) is 2.70. The van der Waals surface area contributed by atoms with Gasteiger partial charge in [-0.15, -0.1) is 0 Å². The molecule has 0 saturated carbocycles. The van der Waals surface area contributed by atoms with Crippen molar-refractivity contribution in [2.75, 3.05) is 13.1 Å². The van der Waals surface area contributed by atoms with E-state index in [1.165, 1.54) is 11.8 Å². The predicted octanol–water partition coefficient (Wildman–Crippen LogP) is 1.67. The molecular formula is C13H13FN2O5. The SMILES string of the molecule is CC1(C(=O)O)CCN(C(=O)c2cc([N+](=O)[O-])ccc2F)C1. The highest BCUT2D eigenvalue weighted by Crippen LogP contribution is 2.31. The molecule has 8 heteroatoms. The zero-order chi connectivity index (χ0) is 15.8. The number of hydrogen-bond acceptors (Lipinski definition) is 4. The molecule has 0 aromatic heterocycles. The van der Waals surface area contributed by atoms with Crippen LogP contribution in [-0.2, 0) is 4.79 Å². The monoisotopic (exact) mass is 296 g/mol. The number of hydrogen-bond donors (Lipinski definition) is 1. The number of benzene rings is 1. The van der Waals surface area contributed by atoms with Crippen molar-refractivity contribution in [2.24, 2.45) is 5.41 Å². The van der Waals surface area contributed by atoms with Gasteiger partial charge in [0.05, 0.1) is 15.9 Å². The van der Waals surface area contributed by atoms with Crippen molar-refractivity contribution in [3.8, 4) is 0 Å². The van der Waals surface area contributed by atoms with Crippen LogP contribution in [0.5, 0.6) is 0 Å². The van der Waals surface area contributed by atoms with Crippen LogP contribution < -0.4 is 0 Å². The first kappa shape index (κ1) is 14.9. The molecule has 1 aromatic carbocycles. The molecule has 0 spiro atoms. The Morgan fingerprint density at radius 1 is 1.48 bits per heavy atom. The first-order valence-corrected chi connectivity index (χ1v) is 6.21. The van der Waals surface area contributed by atoms with Gasteiger partial charge in [-0.25, -0.2) is 4.39 Å². The second-order valence-corrected chi connectivity index (χ2v) is 5.26. The fourth-order valence-electron chi connectivity index (χ4n) is 2.27. The zero-order valence-electron chi connectivity index (χ0n) is 11.2. The maximum atomic E-state index is 13.7. The quantitative estimate of drug-likeness (QED) is 0.675. The van der Waals surface area contributed by atoms with E-state index in [0.717, 1.165) is 18.2 Å². The van der Waals surface area contributed by atoms with E-state index in [-0.39, 0.29) is 25.2 Å².